The lowest BCUT2D eigenvalue weighted by Crippen LogP contribution is -2.28. The Bertz CT molecular complexity index is 781. The smallest absolute Gasteiger partial charge is 0.229 e. The fourth-order valence-electron chi connectivity index (χ4n) is 3.01. The Balaban J connectivity index is 1.73. The van der Waals surface area contributed by atoms with Crippen LogP contribution in [-0.2, 0) is 9.59 Å². The van der Waals surface area contributed by atoms with E-state index < -0.39 is 0 Å². The Morgan fingerprint density at radius 2 is 1.71 bits per heavy atom. The van der Waals surface area contributed by atoms with E-state index in [0.717, 1.165) is 28.1 Å². The highest BCUT2D eigenvalue weighted by Crippen LogP contribution is 2.29. The molecule has 1 saturated heterocycles. The molecule has 1 aliphatic rings. The van der Waals surface area contributed by atoms with Crippen LogP contribution in [0.3, 0.4) is 0 Å². The minimum Gasteiger partial charge on any atom is -0.326 e. The van der Waals surface area contributed by atoms with Crippen molar-refractivity contribution in [3.63, 3.8) is 0 Å². The molecular weight excluding hydrogens is 300 g/mol. The molecule has 2 amide bonds. The van der Waals surface area contributed by atoms with Gasteiger partial charge in [0.15, 0.2) is 0 Å². The van der Waals surface area contributed by atoms with Gasteiger partial charge in [0.2, 0.25) is 11.8 Å². The third kappa shape index (κ3) is 3.32. The van der Waals surface area contributed by atoms with Crippen LogP contribution in [0.2, 0.25) is 0 Å². The van der Waals surface area contributed by atoms with Crippen LogP contribution in [0, 0.1) is 26.7 Å². The van der Waals surface area contributed by atoms with Crippen LogP contribution in [0.5, 0.6) is 0 Å². The fraction of sp³-hybridized carbons (Fsp3) is 0.300. The molecule has 3 rings (SSSR count). The van der Waals surface area contributed by atoms with E-state index in [1.165, 1.54) is 0 Å². The summed E-state index contributed by atoms with van der Waals surface area (Å²) in [6.45, 7) is 6.43. The number of nitrogens with zero attached hydrogens (tertiary/aromatic N) is 1. The van der Waals surface area contributed by atoms with Crippen molar-refractivity contribution in [2.24, 2.45) is 5.92 Å². The molecule has 0 spiro atoms. The summed E-state index contributed by atoms with van der Waals surface area (Å²) in [5.74, 6) is -0.411. The average Bonchev–Trinajstić information content (AvgIpc) is 2.94. The second-order valence-electron chi connectivity index (χ2n) is 6.55. The van der Waals surface area contributed by atoms with Gasteiger partial charge in [-0.3, -0.25) is 9.59 Å². The van der Waals surface area contributed by atoms with Gasteiger partial charge in [0.25, 0.3) is 0 Å². The van der Waals surface area contributed by atoms with Crippen molar-refractivity contribution in [1.82, 2.24) is 0 Å². The third-order valence-electron chi connectivity index (χ3n) is 4.47. The first-order valence-electron chi connectivity index (χ1n) is 8.19. The Morgan fingerprint density at radius 3 is 2.42 bits per heavy atom. The number of hydrogen-bond acceptors (Lipinski definition) is 2. The monoisotopic (exact) mass is 322 g/mol. The van der Waals surface area contributed by atoms with Crippen LogP contribution >= 0.6 is 0 Å². The molecule has 2 aromatic rings. The lowest BCUT2D eigenvalue weighted by atomic mass is 10.1. The van der Waals surface area contributed by atoms with Gasteiger partial charge in [-0.1, -0.05) is 29.8 Å². The molecule has 1 aliphatic heterocycles. The zero-order valence-electron chi connectivity index (χ0n) is 14.3. The summed E-state index contributed by atoms with van der Waals surface area (Å²) < 4.78 is 0. The van der Waals surface area contributed by atoms with Gasteiger partial charge >= 0.3 is 0 Å². The van der Waals surface area contributed by atoms with E-state index in [1.807, 2.05) is 63.2 Å². The van der Waals surface area contributed by atoms with E-state index in [-0.39, 0.29) is 24.2 Å². The topological polar surface area (TPSA) is 49.4 Å². The molecule has 4 heteroatoms. The van der Waals surface area contributed by atoms with Crippen molar-refractivity contribution in [3.05, 3.63) is 59.2 Å². The van der Waals surface area contributed by atoms with Crippen molar-refractivity contribution in [3.8, 4) is 0 Å². The molecule has 1 N–H and O–H groups in total. The van der Waals surface area contributed by atoms with Crippen molar-refractivity contribution >= 4 is 23.2 Å². The first-order valence-corrected chi connectivity index (χ1v) is 8.19. The van der Waals surface area contributed by atoms with Crippen LogP contribution in [0.4, 0.5) is 11.4 Å². The maximum absolute atomic E-state index is 12.5. The molecule has 24 heavy (non-hydrogen) atoms. The van der Waals surface area contributed by atoms with Crippen molar-refractivity contribution in [2.45, 2.75) is 27.2 Å². The van der Waals surface area contributed by atoms with Gasteiger partial charge in [0, 0.05) is 24.3 Å². The van der Waals surface area contributed by atoms with Gasteiger partial charge in [-0.05, 0) is 50.1 Å². The lowest BCUT2D eigenvalue weighted by Gasteiger charge is -2.19. The molecule has 1 heterocycles. The van der Waals surface area contributed by atoms with E-state index in [2.05, 4.69) is 5.32 Å². The standard InChI is InChI=1S/C20H22N2O2/c1-13-5-8-17(9-6-13)21-20(24)16-11-19(23)22(12-16)18-10-14(2)4-7-15(18)3/h4-10,16H,11-12H2,1-3H3,(H,21,24)/t16-/m0/s1. The lowest BCUT2D eigenvalue weighted by molar-refractivity contribution is -0.122. The number of amides is 2. The molecule has 0 bridgehead atoms. The third-order valence-corrected chi connectivity index (χ3v) is 4.47. The predicted molar refractivity (Wildman–Crippen MR) is 96.2 cm³/mol. The van der Waals surface area contributed by atoms with E-state index >= 15 is 0 Å². The number of hydrogen-bond donors (Lipinski definition) is 1. The molecule has 0 aromatic heterocycles. The highest BCUT2D eigenvalue weighted by atomic mass is 16.2. The second kappa shape index (κ2) is 6.48. The summed E-state index contributed by atoms with van der Waals surface area (Å²) in [7, 11) is 0. The van der Waals surface area contributed by atoms with Gasteiger partial charge in [0.1, 0.15) is 0 Å². The summed E-state index contributed by atoms with van der Waals surface area (Å²) in [4.78, 5) is 26.6. The van der Waals surface area contributed by atoms with Gasteiger partial charge < -0.3 is 10.2 Å². The summed E-state index contributed by atoms with van der Waals surface area (Å²) in [5.41, 5.74) is 4.98. The normalized spacial score (nSPS) is 17.2. The molecule has 0 unspecified atom stereocenters. The molecule has 0 radical (unpaired) electrons. The van der Waals surface area contributed by atoms with Crippen LogP contribution < -0.4 is 10.2 Å². The first kappa shape index (κ1) is 16.2. The Hall–Kier alpha value is -2.62. The highest BCUT2D eigenvalue weighted by molar-refractivity contribution is 6.03. The van der Waals surface area contributed by atoms with E-state index in [0.29, 0.717) is 6.54 Å². The summed E-state index contributed by atoms with van der Waals surface area (Å²) in [6.07, 6.45) is 0.255. The van der Waals surface area contributed by atoms with E-state index in [1.54, 1.807) is 4.90 Å². The molecule has 0 aliphatic carbocycles. The molecule has 1 fully saturated rings. The van der Waals surface area contributed by atoms with Crippen LogP contribution in [-0.4, -0.2) is 18.4 Å². The first-order chi connectivity index (χ1) is 11.4. The summed E-state index contributed by atoms with van der Waals surface area (Å²) in [5, 5.41) is 2.91. The average molecular weight is 322 g/mol. The van der Waals surface area contributed by atoms with Gasteiger partial charge in [0.05, 0.1) is 5.92 Å². The van der Waals surface area contributed by atoms with Crippen LogP contribution in [0.1, 0.15) is 23.1 Å². The number of nitrogens with one attached hydrogen (secondary N) is 1. The number of carbonyl (C=O) groups excluding carboxylic acids is 2. The maximum Gasteiger partial charge on any atom is 0.229 e. The molecule has 124 valence electrons. The number of rotatable bonds is 3. The fourth-order valence-corrected chi connectivity index (χ4v) is 3.01. The quantitative estimate of drug-likeness (QED) is 0.938. The minimum absolute atomic E-state index is 0.00718. The van der Waals surface area contributed by atoms with Gasteiger partial charge in [-0.2, -0.15) is 0 Å². The number of benzene rings is 2. The molecule has 4 nitrogen and oxygen atoms in total. The zero-order chi connectivity index (χ0) is 17.3. The van der Waals surface area contributed by atoms with Crippen molar-refractivity contribution < 1.29 is 9.59 Å². The molecule has 2 aromatic carbocycles. The Labute approximate surface area is 142 Å². The predicted octanol–water partition coefficient (Wildman–Crippen LogP) is 3.60. The molecule has 0 saturated carbocycles. The van der Waals surface area contributed by atoms with Gasteiger partial charge in [-0.25, -0.2) is 0 Å². The summed E-state index contributed by atoms with van der Waals surface area (Å²) >= 11 is 0. The number of carbonyl (C=O) groups is 2. The SMILES string of the molecule is Cc1ccc(NC(=O)[C@H]2CC(=O)N(c3cc(C)ccc3C)C2)cc1. The summed E-state index contributed by atoms with van der Waals surface area (Å²) in [6, 6.07) is 13.7. The van der Waals surface area contributed by atoms with Crippen LogP contribution in [0.25, 0.3) is 0 Å². The largest absolute Gasteiger partial charge is 0.326 e. The Morgan fingerprint density at radius 1 is 1.04 bits per heavy atom. The highest BCUT2D eigenvalue weighted by Gasteiger charge is 2.35. The Kier molecular flexibility index (Phi) is 4.38. The minimum atomic E-state index is -0.321. The van der Waals surface area contributed by atoms with Crippen molar-refractivity contribution in [2.75, 3.05) is 16.8 Å². The second-order valence-corrected chi connectivity index (χ2v) is 6.55. The number of anilines is 2. The van der Waals surface area contributed by atoms with E-state index in [4.69, 9.17) is 0 Å². The molecular formula is C20H22N2O2. The molecule has 1 atom stereocenters. The maximum atomic E-state index is 12.5. The van der Waals surface area contributed by atoms with E-state index in [9.17, 15) is 9.59 Å². The van der Waals surface area contributed by atoms with Crippen LogP contribution in [0.15, 0.2) is 42.5 Å². The van der Waals surface area contributed by atoms with Gasteiger partial charge in [-0.15, -0.1) is 0 Å². The van der Waals surface area contributed by atoms with Crippen molar-refractivity contribution in [1.29, 1.82) is 0 Å². The number of aryl methyl sites for hydroxylation is 3. The zero-order valence-corrected chi connectivity index (χ0v) is 14.3.